The van der Waals surface area contributed by atoms with Crippen LogP contribution in [0.5, 0.6) is 0 Å². The number of anilines is 2. The number of rotatable bonds is 5. The second-order valence-electron chi connectivity index (χ2n) is 3.43. The van der Waals surface area contributed by atoms with Crippen LogP contribution in [-0.2, 0) is 4.74 Å². The van der Waals surface area contributed by atoms with E-state index in [2.05, 4.69) is 4.98 Å². The van der Waals surface area contributed by atoms with Crippen molar-refractivity contribution in [3.63, 3.8) is 0 Å². The van der Waals surface area contributed by atoms with E-state index in [4.69, 9.17) is 10.5 Å². The molecule has 2 N–H and O–H groups in total. The predicted molar refractivity (Wildman–Crippen MR) is 58.3 cm³/mol. The van der Waals surface area contributed by atoms with Crippen LogP contribution in [-0.4, -0.2) is 32.3 Å². The number of nitrogen functional groups attached to an aromatic ring is 1. The lowest BCUT2D eigenvalue weighted by Gasteiger charge is -2.18. The van der Waals surface area contributed by atoms with E-state index in [1.807, 2.05) is 0 Å². The van der Waals surface area contributed by atoms with Gasteiger partial charge in [0.05, 0.1) is 0 Å². The fourth-order valence-corrected chi connectivity index (χ4v) is 1.29. The number of ether oxygens (including phenoxy) is 1. The Bertz CT molecular complexity index is 360. The normalized spacial score (nSPS) is 10.5. The van der Waals surface area contributed by atoms with Gasteiger partial charge in [0.2, 0.25) is 0 Å². The first-order chi connectivity index (χ1) is 7.56. The molecule has 0 saturated carbocycles. The summed E-state index contributed by atoms with van der Waals surface area (Å²) in [7, 11) is 3.26. The fourth-order valence-electron chi connectivity index (χ4n) is 1.29. The molecule has 0 radical (unpaired) electrons. The molecule has 0 aliphatic carbocycles. The topological polar surface area (TPSA) is 51.4 Å². The van der Waals surface area contributed by atoms with Gasteiger partial charge in [0.1, 0.15) is 0 Å². The number of hydrogen-bond acceptors (Lipinski definition) is 4. The lowest BCUT2D eigenvalue weighted by molar-refractivity contribution is 0.196. The van der Waals surface area contributed by atoms with Crippen molar-refractivity contribution in [3.05, 3.63) is 17.7 Å². The lowest BCUT2D eigenvalue weighted by atomic mass is 10.3. The Morgan fingerprint density at radius 2 is 2.12 bits per heavy atom. The monoisotopic (exact) mass is 231 g/mol. The zero-order valence-electron chi connectivity index (χ0n) is 9.33. The van der Waals surface area contributed by atoms with Gasteiger partial charge >= 0.3 is 0 Å². The molecule has 0 aliphatic rings. The van der Waals surface area contributed by atoms with Gasteiger partial charge in [0, 0.05) is 33.4 Å². The maximum absolute atomic E-state index is 13.4. The average molecular weight is 231 g/mol. The minimum atomic E-state index is -0.841. The largest absolute Gasteiger partial charge is 0.385 e. The van der Waals surface area contributed by atoms with E-state index in [1.165, 1.54) is 0 Å². The van der Waals surface area contributed by atoms with E-state index in [9.17, 15) is 8.78 Å². The summed E-state index contributed by atoms with van der Waals surface area (Å²) in [5.74, 6) is -1.80. The van der Waals surface area contributed by atoms with Gasteiger partial charge in [-0.15, -0.1) is 0 Å². The van der Waals surface area contributed by atoms with E-state index >= 15 is 0 Å². The highest BCUT2D eigenvalue weighted by molar-refractivity contribution is 5.46. The number of halogens is 2. The SMILES string of the molecule is COCCCN(C)c1nc(N)c(F)cc1F. The smallest absolute Gasteiger partial charge is 0.168 e. The summed E-state index contributed by atoms with van der Waals surface area (Å²) >= 11 is 0. The number of nitrogens with zero attached hydrogens (tertiary/aromatic N) is 2. The summed E-state index contributed by atoms with van der Waals surface area (Å²) in [4.78, 5) is 5.24. The first-order valence-electron chi connectivity index (χ1n) is 4.88. The third-order valence-electron chi connectivity index (χ3n) is 2.14. The molecule has 1 heterocycles. The molecule has 0 aromatic carbocycles. The number of methoxy groups -OCH3 is 1. The van der Waals surface area contributed by atoms with Crippen molar-refractivity contribution in [2.24, 2.45) is 0 Å². The Hall–Kier alpha value is -1.43. The van der Waals surface area contributed by atoms with Crippen molar-refractivity contribution in [1.29, 1.82) is 0 Å². The highest BCUT2D eigenvalue weighted by atomic mass is 19.1. The third kappa shape index (κ3) is 3.03. The Labute approximate surface area is 93.0 Å². The summed E-state index contributed by atoms with van der Waals surface area (Å²) in [5, 5.41) is 0. The highest BCUT2D eigenvalue weighted by Crippen LogP contribution is 2.19. The van der Waals surface area contributed by atoms with Gasteiger partial charge in [0.15, 0.2) is 23.3 Å². The van der Waals surface area contributed by atoms with Crippen LogP contribution in [0.3, 0.4) is 0 Å². The van der Waals surface area contributed by atoms with Crippen molar-refractivity contribution >= 4 is 11.6 Å². The summed E-state index contributed by atoms with van der Waals surface area (Å²) < 4.78 is 31.1. The van der Waals surface area contributed by atoms with Crippen LogP contribution < -0.4 is 10.6 Å². The van der Waals surface area contributed by atoms with Gasteiger partial charge in [-0.1, -0.05) is 0 Å². The molecule has 16 heavy (non-hydrogen) atoms. The van der Waals surface area contributed by atoms with Crippen molar-refractivity contribution in [2.75, 3.05) is 37.9 Å². The standard InChI is InChI=1S/C10H15F2N3O/c1-15(4-3-5-16-2)10-8(12)6-7(11)9(13)14-10/h6H,3-5H2,1-2H3,(H2,13,14). The van der Waals surface area contributed by atoms with Gasteiger partial charge in [-0.25, -0.2) is 13.8 Å². The van der Waals surface area contributed by atoms with Crippen LogP contribution in [0.1, 0.15) is 6.42 Å². The Morgan fingerprint density at radius 3 is 2.75 bits per heavy atom. The molecule has 1 aromatic heterocycles. The van der Waals surface area contributed by atoms with Crippen molar-refractivity contribution < 1.29 is 13.5 Å². The molecule has 4 nitrogen and oxygen atoms in total. The zero-order chi connectivity index (χ0) is 12.1. The molecule has 90 valence electrons. The second kappa shape index (κ2) is 5.60. The molecule has 0 unspecified atom stereocenters. The maximum atomic E-state index is 13.4. The average Bonchev–Trinajstić information content (AvgIpc) is 2.23. The summed E-state index contributed by atoms with van der Waals surface area (Å²) in [6, 6.07) is 0.741. The van der Waals surface area contributed by atoms with E-state index in [0.717, 1.165) is 12.5 Å². The maximum Gasteiger partial charge on any atom is 0.168 e. The molecule has 6 heteroatoms. The summed E-state index contributed by atoms with van der Waals surface area (Å²) in [6.45, 7) is 1.13. The van der Waals surface area contributed by atoms with Crippen LogP contribution in [0.4, 0.5) is 20.4 Å². The minimum absolute atomic E-state index is 0.0509. The van der Waals surface area contributed by atoms with Crippen molar-refractivity contribution in [3.8, 4) is 0 Å². The first kappa shape index (κ1) is 12.6. The second-order valence-corrected chi connectivity index (χ2v) is 3.43. The van der Waals surface area contributed by atoms with Crippen LogP contribution in [0, 0.1) is 11.6 Å². The molecule has 0 spiro atoms. The van der Waals surface area contributed by atoms with Crippen LogP contribution in [0.2, 0.25) is 0 Å². The number of nitrogens with two attached hydrogens (primary N) is 1. The summed E-state index contributed by atoms with van der Waals surface area (Å²) in [6.07, 6.45) is 0.728. The predicted octanol–water partition coefficient (Wildman–Crippen LogP) is 1.41. The fraction of sp³-hybridized carbons (Fsp3) is 0.500. The molecule has 0 amide bonds. The van der Waals surface area contributed by atoms with Crippen LogP contribution >= 0.6 is 0 Å². The number of hydrogen-bond donors (Lipinski definition) is 1. The molecule has 0 bridgehead atoms. The van der Waals surface area contributed by atoms with Gasteiger partial charge < -0.3 is 15.4 Å². The Morgan fingerprint density at radius 1 is 1.44 bits per heavy atom. The molecular formula is C10H15F2N3O. The van der Waals surface area contributed by atoms with Gasteiger partial charge in [-0.3, -0.25) is 0 Å². The lowest BCUT2D eigenvalue weighted by Crippen LogP contribution is -2.22. The Kier molecular flexibility index (Phi) is 4.42. The van der Waals surface area contributed by atoms with Crippen molar-refractivity contribution in [1.82, 2.24) is 4.98 Å². The van der Waals surface area contributed by atoms with Gasteiger partial charge in [-0.2, -0.15) is 0 Å². The molecule has 0 saturated heterocycles. The zero-order valence-corrected chi connectivity index (χ0v) is 9.33. The number of aromatic nitrogens is 1. The number of pyridine rings is 1. The quantitative estimate of drug-likeness (QED) is 0.778. The molecular weight excluding hydrogens is 216 g/mol. The van der Waals surface area contributed by atoms with Crippen LogP contribution in [0.25, 0.3) is 0 Å². The van der Waals surface area contributed by atoms with E-state index in [-0.39, 0.29) is 11.6 Å². The van der Waals surface area contributed by atoms with E-state index < -0.39 is 11.6 Å². The highest BCUT2D eigenvalue weighted by Gasteiger charge is 2.13. The summed E-state index contributed by atoms with van der Waals surface area (Å²) in [5.41, 5.74) is 5.28. The molecule has 1 rings (SSSR count). The van der Waals surface area contributed by atoms with Crippen LogP contribution in [0.15, 0.2) is 6.07 Å². The molecule has 0 atom stereocenters. The Balaban J connectivity index is 2.75. The molecule has 0 aliphatic heterocycles. The van der Waals surface area contributed by atoms with E-state index in [1.54, 1.807) is 19.1 Å². The van der Waals surface area contributed by atoms with E-state index in [0.29, 0.717) is 13.2 Å². The van der Waals surface area contributed by atoms with Gasteiger partial charge in [0.25, 0.3) is 0 Å². The molecule has 1 aromatic rings. The molecule has 0 fully saturated rings. The van der Waals surface area contributed by atoms with Gasteiger partial charge in [-0.05, 0) is 6.42 Å². The third-order valence-corrected chi connectivity index (χ3v) is 2.14. The van der Waals surface area contributed by atoms with Crippen molar-refractivity contribution in [2.45, 2.75) is 6.42 Å². The first-order valence-corrected chi connectivity index (χ1v) is 4.88. The minimum Gasteiger partial charge on any atom is -0.385 e.